The van der Waals surface area contributed by atoms with Crippen molar-refractivity contribution in [1.82, 2.24) is 14.5 Å². The van der Waals surface area contributed by atoms with Gasteiger partial charge in [-0.25, -0.2) is 4.98 Å². The first-order chi connectivity index (χ1) is 10.3. The van der Waals surface area contributed by atoms with E-state index < -0.39 is 0 Å². The Bertz CT molecular complexity index is 721. The predicted molar refractivity (Wildman–Crippen MR) is 83.6 cm³/mol. The van der Waals surface area contributed by atoms with Crippen molar-refractivity contribution < 1.29 is 5.11 Å². The Balaban J connectivity index is 1.84. The topological polar surface area (TPSA) is 41.3 Å². The summed E-state index contributed by atoms with van der Waals surface area (Å²) in [5.74, 6) is 0.705. The van der Waals surface area contributed by atoms with E-state index in [1.807, 2.05) is 30.3 Å². The number of para-hydroxylation sites is 2. The molecule has 0 amide bonds. The van der Waals surface area contributed by atoms with Crippen LogP contribution in [0.2, 0.25) is 0 Å². The van der Waals surface area contributed by atoms with Crippen molar-refractivity contribution in [3.8, 4) is 0 Å². The minimum Gasteiger partial charge on any atom is -0.388 e. The number of aliphatic hydroxyl groups is 1. The van der Waals surface area contributed by atoms with E-state index in [9.17, 15) is 5.11 Å². The Morgan fingerprint density at radius 3 is 2.52 bits per heavy atom. The van der Waals surface area contributed by atoms with Crippen LogP contribution in [-0.2, 0) is 19.8 Å². The molecule has 0 aliphatic rings. The predicted octanol–water partition coefficient (Wildman–Crippen LogP) is 2.62. The molecule has 0 spiro atoms. The van der Waals surface area contributed by atoms with Crippen LogP contribution in [0.1, 0.15) is 11.4 Å². The molecule has 0 aliphatic heterocycles. The van der Waals surface area contributed by atoms with E-state index >= 15 is 0 Å². The SMILES string of the molecule is CN(Cc1ccccc1)Cn1c(CO)nc2ccccc21. The zero-order valence-electron chi connectivity index (χ0n) is 12.1. The quantitative estimate of drug-likeness (QED) is 0.781. The van der Waals surface area contributed by atoms with Gasteiger partial charge in [0, 0.05) is 6.54 Å². The molecule has 0 bridgehead atoms. The van der Waals surface area contributed by atoms with E-state index in [0.29, 0.717) is 12.5 Å². The molecular weight excluding hydrogens is 262 g/mol. The molecule has 0 atom stereocenters. The van der Waals surface area contributed by atoms with Gasteiger partial charge >= 0.3 is 0 Å². The van der Waals surface area contributed by atoms with Gasteiger partial charge in [0.1, 0.15) is 12.4 Å². The number of nitrogens with zero attached hydrogens (tertiary/aromatic N) is 3. The Labute approximate surface area is 124 Å². The molecule has 0 unspecified atom stereocenters. The van der Waals surface area contributed by atoms with Crippen molar-refractivity contribution in [3.05, 3.63) is 66.0 Å². The summed E-state index contributed by atoms with van der Waals surface area (Å²) in [6, 6.07) is 18.3. The van der Waals surface area contributed by atoms with Crippen molar-refractivity contribution in [2.24, 2.45) is 0 Å². The van der Waals surface area contributed by atoms with Crippen LogP contribution in [-0.4, -0.2) is 26.6 Å². The summed E-state index contributed by atoms with van der Waals surface area (Å²) in [6.07, 6.45) is 0. The van der Waals surface area contributed by atoms with Gasteiger partial charge < -0.3 is 9.67 Å². The van der Waals surface area contributed by atoms with E-state index in [-0.39, 0.29) is 6.61 Å². The molecule has 2 aromatic carbocycles. The molecule has 0 aliphatic carbocycles. The zero-order valence-corrected chi connectivity index (χ0v) is 12.1. The Kier molecular flexibility index (Phi) is 3.99. The maximum absolute atomic E-state index is 9.52. The van der Waals surface area contributed by atoms with Crippen molar-refractivity contribution in [3.63, 3.8) is 0 Å². The second-order valence-electron chi connectivity index (χ2n) is 5.24. The normalized spacial score (nSPS) is 11.4. The maximum atomic E-state index is 9.52. The van der Waals surface area contributed by atoms with Gasteiger partial charge in [0.05, 0.1) is 17.7 Å². The number of aromatic nitrogens is 2. The highest BCUT2D eigenvalue weighted by molar-refractivity contribution is 5.75. The fraction of sp³-hybridized carbons (Fsp3) is 0.235. The van der Waals surface area contributed by atoms with Crippen LogP contribution in [0.4, 0.5) is 0 Å². The fourth-order valence-electron chi connectivity index (χ4n) is 2.59. The number of rotatable bonds is 5. The molecule has 4 nitrogen and oxygen atoms in total. The highest BCUT2D eigenvalue weighted by atomic mass is 16.3. The van der Waals surface area contributed by atoms with Gasteiger partial charge in [-0.05, 0) is 24.7 Å². The minimum absolute atomic E-state index is 0.0478. The number of aliphatic hydroxyl groups excluding tert-OH is 1. The second-order valence-corrected chi connectivity index (χ2v) is 5.24. The summed E-state index contributed by atoms with van der Waals surface area (Å²) < 4.78 is 2.07. The lowest BCUT2D eigenvalue weighted by Crippen LogP contribution is -2.22. The lowest BCUT2D eigenvalue weighted by molar-refractivity contribution is 0.231. The van der Waals surface area contributed by atoms with Crippen LogP contribution >= 0.6 is 0 Å². The van der Waals surface area contributed by atoms with Crippen LogP contribution in [0.3, 0.4) is 0 Å². The first-order valence-corrected chi connectivity index (χ1v) is 7.05. The number of hydrogen-bond acceptors (Lipinski definition) is 3. The van der Waals surface area contributed by atoms with E-state index in [2.05, 4.69) is 45.8 Å². The first-order valence-electron chi connectivity index (χ1n) is 7.05. The van der Waals surface area contributed by atoms with Crippen LogP contribution in [0.5, 0.6) is 0 Å². The maximum Gasteiger partial charge on any atom is 0.136 e. The summed E-state index contributed by atoms with van der Waals surface area (Å²) >= 11 is 0. The molecule has 0 radical (unpaired) electrons. The van der Waals surface area contributed by atoms with Crippen LogP contribution < -0.4 is 0 Å². The molecule has 0 fully saturated rings. The standard InChI is InChI=1S/C17H19N3O/c1-19(11-14-7-3-2-4-8-14)13-20-16-10-6-5-9-15(16)18-17(20)12-21/h2-10,21H,11-13H2,1H3. The second kappa shape index (κ2) is 6.08. The Morgan fingerprint density at radius 1 is 1.05 bits per heavy atom. The van der Waals surface area contributed by atoms with Gasteiger partial charge in [0.15, 0.2) is 0 Å². The van der Waals surface area contributed by atoms with E-state index in [1.165, 1.54) is 5.56 Å². The van der Waals surface area contributed by atoms with Crippen molar-refractivity contribution in [2.45, 2.75) is 19.8 Å². The van der Waals surface area contributed by atoms with Gasteiger partial charge in [-0.1, -0.05) is 42.5 Å². The lowest BCUT2D eigenvalue weighted by atomic mass is 10.2. The molecule has 0 saturated carbocycles. The molecule has 1 N–H and O–H groups in total. The monoisotopic (exact) mass is 281 g/mol. The summed E-state index contributed by atoms with van der Waals surface area (Å²) in [6.45, 7) is 1.51. The van der Waals surface area contributed by atoms with Crippen LogP contribution in [0.25, 0.3) is 11.0 Å². The molecule has 1 aromatic heterocycles. The third-order valence-electron chi connectivity index (χ3n) is 3.55. The third-order valence-corrected chi connectivity index (χ3v) is 3.55. The molecule has 21 heavy (non-hydrogen) atoms. The van der Waals surface area contributed by atoms with E-state index in [1.54, 1.807) is 0 Å². The Hall–Kier alpha value is -2.17. The first kappa shape index (κ1) is 13.8. The molecule has 4 heteroatoms. The van der Waals surface area contributed by atoms with Gasteiger partial charge in [-0.15, -0.1) is 0 Å². The third kappa shape index (κ3) is 2.96. The number of hydrogen-bond donors (Lipinski definition) is 1. The minimum atomic E-state index is -0.0478. The smallest absolute Gasteiger partial charge is 0.136 e. The zero-order chi connectivity index (χ0) is 14.7. The summed E-state index contributed by atoms with van der Waals surface area (Å²) in [5.41, 5.74) is 3.26. The highest BCUT2D eigenvalue weighted by Gasteiger charge is 2.11. The summed E-state index contributed by atoms with van der Waals surface area (Å²) in [5, 5.41) is 9.52. The van der Waals surface area contributed by atoms with Gasteiger partial charge in [-0.3, -0.25) is 4.90 Å². The molecule has 3 rings (SSSR count). The molecular formula is C17H19N3O. The lowest BCUT2D eigenvalue weighted by Gasteiger charge is -2.19. The molecule has 0 saturated heterocycles. The van der Waals surface area contributed by atoms with E-state index in [4.69, 9.17) is 0 Å². The van der Waals surface area contributed by atoms with Gasteiger partial charge in [-0.2, -0.15) is 0 Å². The number of benzene rings is 2. The number of imidazole rings is 1. The highest BCUT2D eigenvalue weighted by Crippen LogP contribution is 2.17. The van der Waals surface area contributed by atoms with Crippen LogP contribution in [0.15, 0.2) is 54.6 Å². The summed E-state index contributed by atoms with van der Waals surface area (Å²) in [4.78, 5) is 6.69. The molecule has 1 heterocycles. The Morgan fingerprint density at radius 2 is 1.76 bits per heavy atom. The molecule has 108 valence electrons. The average molecular weight is 281 g/mol. The van der Waals surface area contributed by atoms with Gasteiger partial charge in [0.25, 0.3) is 0 Å². The van der Waals surface area contributed by atoms with Crippen LogP contribution in [0, 0.1) is 0 Å². The average Bonchev–Trinajstić information content (AvgIpc) is 2.86. The van der Waals surface area contributed by atoms with Crippen molar-refractivity contribution in [2.75, 3.05) is 7.05 Å². The largest absolute Gasteiger partial charge is 0.388 e. The molecule has 3 aromatic rings. The van der Waals surface area contributed by atoms with Crippen molar-refractivity contribution >= 4 is 11.0 Å². The fourth-order valence-corrected chi connectivity index (χ4v) is 2.59. The number of fused-ring (bicyclic) bond motifs is 1. The van der Waals surface area contributed by atoms with Crippen molar-refractivity contribution in [1.29, 1.82) is 0 Å². The van der Waals surface area contributed by atoms with Gasteiger partial charge in [0.2, 0.25) is 0 Å². The summed E-state index contributed by atoms with van der Waals surface area (Å²) in [7, 11) is 2.07. The van der Waals surface area contributed by atoms with E-state index in [0.717, 1.165) is 17.6 Å².